The van der Waals surface area contributed by atoms with Crippen LogP contribution in [0.2, 0.25) is 0 Å². The van der Waals surface area contributed by atoms with Gasteiger partial charge in [-0.2, -0.15) is 0 Å². The lowest BCUT2D eigenvalue weighted by Crippen LogP contribution is -2.25. The highest BCUT2D eigenvalue weighted by atomic mass is 32.2. The maximum atomic E-state index is 6.11. The molecule has 0 heterocycles. The van der Waals surface area contributed by atoms with E-state index in [2.05, 4.69) is 45.0 Å². The van der Waals surface area contributed by atoms with E-state index in [9.17, 15) is 0 Å². The van der Waals surface area contributed by atoms with Crippen molar-refractivity contribution < 1.29 is 0 Å². The second kappa shape index (κ2) is 6.28. The van der Waals surface area contributed by atoms with E-state index in [0.29, 0.717) is 17.7 Å². The molecule has 0 aromatic heterocycles. The average molecular weight is 238 g/mol. The summed E-state index contributed by atoms with van der Waals surface area (Å²) in [6.07, 6.45) is 0. The zero-order valence-electron chi connectivity index (χ0n) is 10.3. The molecule has 0 aliphatic rings. The lowest BCUT2D eigenvalue weighted by Gasteiger charge is -2.18. The molecule has 1 rings (SSSR count). The zero-order valence-corrected chi connectivity index (χ0v) is 11.1. The Labute approximate surface area is 103 Å². The second-order valence-electron chi connectivity index (χ2n) is 4.47. The average Bonchev–Trinajstić information content (AvgIpc) is 2.27. The molecule has 1 aromatic carbocycles. The lowest BCUT2D eigenvalue weighted by molar-refractivity contribution is 0.481. The van der Waals surface area contributed by atoms with Crippen LogP contribution >= 0.6 is 11.8 Å². The largest absolute Gasteiger partial charge is 0.330 e. The molecule has 4 N–H and O–H groups in total. The Kier molecular flexibility index (Phi) is 5.32. The molecular weight excluding hydrogens is 216 g/mol. The van der Waals surface area contributed by atoms with Crippen molar-refractivity contribution in [1.29, 1.82) is 0 Å². The molecule has 0 aliphatic heterocycles. The Balaban J connectivity index is 2.70. The van der Waals surface area contributed by atoms with Crippen molar-refractivity contribution in [3.8, 4) is 0 Å². The van der Waals surface area contributed by atoms with Crippen molar-refractivity contribution in [2.45, 2.75) is 37.0 Å². The highest BCUT2D eigenvalue weighted by Gasteiger charge is 2.13. The number of rotatable bonds is 5. The summed E-state index contributed by atoms with van der Waals surface area (Å²) in [5.74, 6) is 0.323. The summed E-state index contributed by atoms with van der Waals surface area (Å²) < 4.78 is 0. The lowest BCUT2D eigenvalue weighted by atomic mass is 9.96. The first-order chi connectivity index (χ1) is 7.54. The van der Waals surface area contributed by atoms with Gasteiger partial charge in [-0.15, -0.1) is 11.8 Å². The number of hydrogen-bond donors (Lipinski definition) is 2. The van der Waals surface area contributed by atoms with E-state index in [1.807, 2.05) is 11.8 Å². The Bertz CT molecular complexity index is 308. The molecule has 2 atom stereocenters. The van der Waals surface area contributed by atoms with Gasteiger partial charge in [0.05, 0.1) is 0 Å². The maximum Gasteiger partial charge on any atom is 0.0332 e. The summed E-state index contributed by atoms with van der Waals surface area (Å²) in [7, 11) is 0. The quantitative estimate of drug-likeness (QED) is 0.776. The zero-order chi connectivity index (χ0) is 12.1. The van der Waals surface area contributed by atoms with Crippen molar-refractivity contribution in [1.82, 2.24) is 0 Å². The summed E-state index contributed by atoms with van der Waals surface area (Å²) >= 11 is 1.87. The fourth-order valence-electron chi connectivity index (χ4n) is 1.52. The molecule has 16 heavy (non-hydrogen) atoms. The normalized spacial score (nSPS) is 15.1. The minimum atomic E-state index is 0.0445. The molecule has 0 fully saturated rings. The van der Waals surface area contributed by atoms with Crippen LogP contribution in [0.5, 0.6) is 0 Å². The van der Waals surface area contributed by atoms with E-state index < -0.39 is 0 Å². The van der Waals surface area contributed by atoms with Gasteiger partial charge in [0.25, 0.3) is 0 Å². The monoisotopic (exact) mass is 238 g/mol. The summed E-state index contributed by atoms with van der Waals surface area (Å²) in [6.45, 7) is 7.10. The standard InChI is InChI=1S/C13H22N2S/c1-9(2)16-12-6-4-11(5-7-12)13(15)10(3)8-14/h4-7,9-10,13H,8,14-15H2,1-3H3. The maximum absolute atomic E-state index is 6.11. The van der Waals surface area contributed by atoms with Crippen LogP contribution < -0.4 is 11.5 Å². The van der Waals surface area contributed by atoms with Crippen LogP contribution in [0.25, 0.3) is 0 Å². The van der Waals surface area contributed by atoms with Gasteiger partial charge in [-0.3, -0.25) is 0 Å². The summed E-state index contributed by atoms with van der Waals surface area (Å²) in [4.78, 5) is 1.30. The van der Waals surface area contributed by atoms with Gasteiger partial charge in [-0.25, -0.2) is 0 Å². The number of thioether (sulfide) groups is 1. The predicted molar refractivity (Wildman–Crippen MR) is 72.6 cm³/mol. The summed E-state index contributed by atoms with van der Waals surface area (Å²) in [5.41, 5.74) is 12.9. The number of nitrogens with two attached hydrogens (primary N) is 2. The van der Waals surface area contributed by atoms with Gasteiger partial charge in [0.15, 0.2) is 0 Å². The molecule has 0 bridgehead atoms. The van der Waals surface area contributed by atoms with Gasteiger partial charge in [0, 0.05) is 16.2 Å². The first kappa shape index (κ1) is 13.6. The molecule has 0 aliphatic carbocycles. The number of benzene rings is 1. The highest BCUT2D eigenvalue weighted by Crippen LogP contribution is 2.25. The van der Waals surface area contributed by atoms with Crippen LogP contribution in [0.4, 0.5) is 0 Å². The van der Waals surface area contributed by atoms with Crippen LogP contribution in [0.15, 0.2) is 29.2 Å². The van der Waals surface area contributed by atoms with Crippen LogP contribution in [-0.2, 0) is 0 Å². The Morgan fingerprint density at radius 2 is 1.69 bits per heavy atom. The van der Waals surface area contributed by atoms with Crippen molar-refractivity contribution in [3.63, 3.8) is 0 Å². The van der Waals surface area contributed by atoms with Gasteiger partial charge < -0.3 is 11.5 Å². The second-order valence-corrected chi connectivity index (χ2v) is 6.12. The third-order valence-electron chi connectivity index (χ3n) is 2.62. The van der Waals surface area contributed by atoms with Crippen molar-refractivity contribution in [3.05, 3.63) is 29.8 Å². The molecule has 2 unspecified atom stereocenters. The Morgan fingerprint density at radius 3 is 2.12 bits per heavy atom. The fraction of sp³-hybridized carbons (Fsp3) is 0.538. The van der Waals surface area contributed by atoms with Crippen LogP contribution in [0.1, 0.15) is 32.4 Å². The van der Waals surface area contributed by atoms with Gasteiger partial charge in [0.1, 0.15) is 0 Å². The summed E-state index contributed by atoms with van der Waals surface area (Å²) in [6, 6.07) is 8.55. The van der Waals surface area contributed by atoms with E-state index in [0.717, 1.165) is 0 Å². The van der Waals surface area contributed by atoms with E-state index >= 15 is 0 Å². The first-order valence-electron chi connectivity index (χ1n) is 5.77. The summed E-state index contributed by atoms with van der Waals surface area (Å²) in [5, 5.41) is 0.613. The molecule has 0 spiro atoms. The van der Waals surface area contributed by atoms with E-state index in [1.54, 1.807) is 0 Å². The van der Waals surface area contributed by atoms with Crippen molar-refractivity contribution >= 4 is 11.8 Å². The van der Waals surface area contributed by atoms with Crippen molar-refractivity contribution in [2.75, 3.05) is 6.54 Å². The molecular formula is C13H22N2S. The molecule has 1 aromatic rings. The van der Waals surface area contributed by atoms with Crippen LogP contribution in [0.3, 0.4) is 0 Å². The van der Waals surface area contributed by atoms with E-state index in [1.165, 1.54) is 10.5 Å². The first-order valence-corrected chi connectivity index (χ1v) is 6.64. The van der Waals surface area contributed by atoms with Crippen molar-refractivity contribution in [2.24, 2.45) is 17.4 Å². The third kappa shape index (κ3) is 3.81. The van der Waals surface area contributed by atoms with E-state index in [4.69, 9.17) is 11.5 Å². The molecule has 0 amide bonds. The van der Waals surface area contributed by atoms with Crippen LogP contribution in [-0.4, -0.2) is 11.8 Å². The van der Waals surface area contributed by atoms with Gasteiger partial charge in [-0.05, 0) is 30.2 Å². The number of hydrogen-bond acceptors (Lipinski definition) is 3. The molecule has 0 saturated heterocycles. The third-order valence-corrected chi connectivity index (χ3v) is 3.64. The molecule has 0 radical (unpaired) electrons. The van der Waals surface area contributed by atoms with Gasteiger partial charge in [0.2, 0.25) is 0 Å². The Morgan fingerprint density at radius 1 is 1.12 bits per heavy atom. The van der Waals surface area contributed by atoms with Gasteiger partial charge >= 0.3 is 0 Å². The molecule has 0 saturated carbocycles. The molecule has 3 heteroatoms. The minimum absolute atomic E-state index is 0.0445. The highest BCUT2D eigenvalue weighted by molar-refractivity contribution is 7.99. The fourth-order valence-corrected chi connectivity index (χ4v) is 2.35. The topological polar surface area (TPSA) is 52.0 Å². The molecule has 90 valence electrons. The van der Waals surface area contributed by atoms with Crippen LogP contribution in [0, 0.1) is 5.92 Å². The molecule has 2 nitrogen and oxygen atoms in total. The Hall–Kier alpha value is -0.510. The van der Waals surface area contributed by atoms with Gasteiger partial charge in [-0.1, -0.05) is 32.9 Å². The van der Waals surface area contributed by atoms with E-state index in [-0.39, 0.29) is 6.04 Å². The smallest absolute Gasteiger partial charge is 0.0332 e. The SMILES string of the molecule is CC(C)Sc1ccc(C(N)C(C)CN)cc1. The predicted octanol–water partition coefficient (Wildman–Crippen LogP) is 2.78. The minimum Gasteiger partial charge on any atom is -0.330 e.